The predicted octanol–water partition coefficient (Wildman–Crippen LogP) is 2.69. The second-order valence-corrected chi connectivity index (χ2v) is 6.44. The number of carbonyl (C=O) groups is 1. The Bertz CT molecular complexity index is 676. The zero-order chi connectivity index (χ0) is 17.7. The van der Waals surface area contributed by atoms with Crippen LogP contribution in [0, 0.1) is 19.8 Å². The number of nitrogens with zero attached hydrogens (tertiary/aromatic N) is 2. The van der Waals surface area contributed by atoms with Gasteiger partial charge < -0.3 is 10.4 Å². The van der Waals surface area contributed by atoms with Crippen LogP contribution >= 0.6 is 0 Å². The molecule has 0 aliphatic carbocycles. The maximum atomic E-state index is 12.1. The number of amides is 1. The number of carbonyl (C=O) groups excluding carboxylic acids is 1. The van der Waals surface area contributed by atoms with Crippen molar-refractivity contribution < 1.29 is 9.90 Å². The Balaban J connectivity index is 1.93. The monoisotopic (exact) mass is 329 g/mol. The molecule has 1 amide bonds. The van der Waals surface area contributed by atoms with Gasteiger partial charge in [0.05, 0.1) is 18.3 Å². The van der Waals surface area contributed by atoms with Gasteiger partial charge in [-0.05, 0) is 43.5 Å². The minimum Gasteiger partial charge on any atom is -0.391 e. The molecule has 2 rings (SSSR count). The summed E-state index contributed by atoms with van der Waals surface area (Å²) < 4.78 is 1.95. The minimum absolute atomic E-state index is 0.157. The predicted molar refractivity (Wildman–Crippen MR) is 95.0 cm³/mol. The van der Waals surface area contributed by atoms with E-state index in [9.17, 15) is 9.90 Å². The van der Waals surface area contributed by atoms with Crippen molar-refractivity contribution >= 4 is 5.91 Å². The lowest BCUT2D eigenvalue weighted by Crippen LogP contribution is -2.35. The van der Waals surface area contributed by atoms with Crippen LogP contribution < -0.4 is 5.32 Å². The van der Waals surface area contributed by atoms with Crippen LogP contribution in [0.5, 0.6) is 0 Å². The Morgan fingerprint density at radius 2 is 1.96 bits per heavy atom. The summed E-state index contributed by atoms with van der Waals surface area (Å²) in [7, 11) is 0. The maximum Gasteiger partial charge on any atom is 0.251 e. The molecule has 0 spiro atoms. The van der Waals surface area contributed by atoms with E-state index in [1.807, 2.05) is 62.7 Å². The fourth-order valence-corrected chi connectivity index (χ4v) is 2.54. The van der Waals surface area contributed by atoms with E-state index in [0.717, 1.165) is 23.4 Å². The van der Waals surface area contributed by atoms with Crippen LogP contribution in [0.1, 0.15) is 47.6 Å². The van der Waals surface area contributed by atoms with Crippen molar-refractivity contribution in [1.29, 1.82) is 0 Å². The molecule has 0 aliphatic heterocycles. The van der Waals surface area contributed by atoms with Gasteiger partial charge in [0.25, 0.3) is 5.91 Å². The number of aromatic nitrogens is 2. The molecule has 0 aliphatic rings. The van der Waals surface area contributed by atoms with E-state index >= 15 is 0 Å². The van der Waals surface area contributed by atoms with E-state index < -0.39 is 6.10 Å². The summed E-state index contributed by atoms with van der Waals surface area (Å²) >= 11 is 0. The summed E-state index contributed by atoms with van der Waals surface area (Å²) in [5.74, 6) is 0.0171. The Hall–Kier alpha value is -2.14. The quantitative estimate of drug-likeness (QED) is 0.821. The van der Waals surface area contributed by atoms with Crippen molar-refractivity contribution in [2.45, 2.75) is 46.8 Å². The van der Waals surface area contributed by atoms with Crippen LogP contribution in [0.3, 0.4) is 0 Å². The maximum absolute atomic E-state index is 12.1. The Morgan fingerprint density at radius 1 is 1.29 bits per heavy atom. The van der Waals surface area contributed by atoms with E-state index in [1.54, 1.807) is 0 Å². The average Bonchev–Trinajstić information content (AvgIpc) is 2.89. The van der Waals surface area contributed by atoms with Gasteiger partial charge in [0.2, 0.25) is 0 Å². The zero-order valence-corrected chi connectivity index (χ0v) is 14.9. The standard InChI is InChI=1S/C19H27N3O2/c1-5-13(2)18(23)11-20-19(24)17-8-6-16(7-9-17)12-22-15(4)10-14(3)21-22/h6-10,13,18,23H,5,11-12H2,1-4H3,(H,20,24). The highest BCUT2D eigenvalue weighted by Crippen LogP contribution is 2.10. The van der Waals surface area contributed by atoms with Gasteiger partial charge in [-0.1, -0.05) is 32.4 Å². The van der Waals surface area contributed by atoms with Crippen molar-refractivity contribution in [3.05, 3.63) is 52.8 Å². The highest BCUT2D eigenvalue weighted by molar-refractivity contribution is 5.94. The number of hydrogen-bond acceptors (Lipinski definition) is 3. The summed E-state index contributed by atoms with van der Waals surface area (Å²) in [6.07, 6.45) is 0.377. The fourth-order valence-electron chi connectivity index (χ4n) is 2.54. The molecule has 1 aromatic carbocycles. The molecule has 2 atom stereocenters. The molecule has 0 radical (unpaired) electrons. The Labute approximate surface area is 143 Å². The lowest BCUT2D eigenvalue weighted by molar-refractivity contribution is 0.0850. The number of hydrogen-bond donors (Lipinski definition) is 2. The third-order valence-electron chi connectivity index (χ3n) is 4.42. The van der Waals surface area contributed by atoms with Gasteiger partial charge in [0.15, 0.2) is 0 Å². The summed E-state index contributed by atoms with van der Waals surface area (Å²) in [5, 5.41) is 17.2. The van der Waals surface area contributed by atoms with E-state index in [1.165, 1.54) is 0 Å². The van der Waals surface area contributed by atoms with E-state index in [4.69, 9.17) is 0 Å². The number of aliphatic hydroxyl groups is 1. The zero-order valence-electron chi connectivity index (χ0n) is 14.9. The van der Waals surface area contributed by atoms with Crippen LogP contribution in [0.4, 0.5) is 0 Å². The third-order valence-corrected chi connectivity index (χ3v) is 4.42. The summed E-state index contributed by atoms with van der Waals surface area (Å²) in [4.78, 5) is 12.1. The molecule has 1 aromatic heterocycles. The number of aryl methyl sites for hydroxylation is 2. The van der Waals surface area contributed by atoms with Gasteiger partial charge in [-0.2, -0.15) is 5.10 Å². The topological polar surface area (TPSA) is 67.2 Å². The van der Waals surface area contributed by atoms with E-state index in [-0.39, 0.29) is 18.4 Å². The van der Waals surface area contributed by atoms with E-state index in [2.05, 4.69) is 10.4 Å². The van der Waals surface area contributed by atoms with Gasteiger partial charge in [-0.25, -0.2) is 0 Å². The second-order valence-electron chi connectivity index (χ2n) is 6.44. The van der Waals surface area contributed by atoms with Gasteiger partial charge >= 0.3 is 0 Å². The van der Waals surface area contributed by atoms with Gasteiger partial charge in [-0.3, -0.25) is 9.48 Å². The van der Waals surface area contributed by atoms with Crippen LogP contribution in [0.25, 0.3) is 0 Å². The van der Waals surface area contributed by atoms with Crippen molar-refractivity contribution in [2.75, 3.05) is 6.54 Å². The van der Waals surface area contributed by atoms with Gasteiger partial charge in [0, 0.05) is 17.8 Å². The largest absolute Gasteiger partial charge is 0.391 e. The first-order chi connectivity index (χ1) is 11.4. The molecule has 2 aromatic rings. The summed E-state index contributed by atoms with van der Waals surface area (Å²) in [6, 6.07) is 9.55. The molecular weight excluding hydrogens is 302 g/mol. The highest BCUT2D eigenvalue weighted by Gasteiger charge is 2.14. The van der Waals surface area contributed by atoms with Crippen molar-refractivity contribution in [3.8, 4) is 0 Å². The minimum atomic E-state index is -0.510. The van der Waals surface area contributed by atoms with Crippen molar-refractivity contribution in [2.24, 2.45) is 5.92 Å². The van der Waals surface area contributed by atoms with Crippen molar-refractivity contribution in [3.63, 3.8) is 0 Å². The van der Waals surface area contributed by atoms with Crippen LogP contribution in [-0.4, -0.2) is 33.4 Å². The molecule has 24 heavy (non-hydrogen) atoms. The second kappa shape index (κ2) is 8.11. The smallest absolute Gasteiger partial charge is 0.251 e. The van der Waals surface area contributed by atoms with Crippen molar-refractivity contribution in [1.82, 2.24) is 15.1 Å². The van der Waals surface area contributed by atoms with Crippen LogP contribution in [-0.2, 0) is 6.54 Å². The average molecular weight is 329 g/mol. The molecule has 1 heterocycles. The van der Waals surface area contributed by atoms with Gasteiger partial charge in [0.1, 0.15) is 0 Å². The molecule has 5 nitrogen and oxygen atoms in total. The molecule has 0 fully saturated rings. The molecule has 5 heteroatoms. The number of rotatable bonds is 7. The molecule has 130 valence electrons. The molecule has 0 bridgehead atoms. The lowest BCUT2D eigenvalue weighted by Gasteiger charge is -2.17. The molecule has 2 unspecified atom stereocenters. The van der Waals surface area contributed by atoms with Crippen LogP contribution in [0.15, 0.2) is 30.3 Å². The molecule has 0 saturated heterocycles. The Kier molecular flexibility index (Phi) is 6.15. The molecule has 0 saturated carbocycles. The number of benzene rings is 1. The fraction of sp³-hybridized carbons (Fsp3) is 0.474. The van der Waals surface area contributed by atoms with Gasteiger partial charge in [-0.15, -0.1) is 0 Å². The first kappa shape index (κ1) is 18.2. The van der Waals surface area contributed by atoms with Crippen LogP contribution in [0.2, 0.25) is 0 Å². The molecule has 2 N–H and O–H groups in total. The first-order valence-corrected chi connectivity index (χ1v) is 8.47. The normalized spacial score (nSPS) is 13.5. The number of aliphatic hydroxyl groups excluding tert-OH is 1. The third kappa shape index (κ3) is 4.68. The Morgan fingerprint density at radius 3 is 2.50 bits per heavy atom. The first-order valence-electron chi connectivity index (χ1n) is 8.47. The lowest BCUT2D eigenvalue weighted by atomic mass is 10.0. The highest BCUT2D eigenvalue weighted by atomic mass is 16.3. The summed E-state index contributed by atoms with van der Waals surface area (Å²) in [5.41, 5.74) is 3.82. The van der Waals surface area contributed by atoms with E-state index in [0.29, 0.717) is 12.1 Å². The summed E-state index contributed by atoms with van der Waals surface area (Å²) in [6.45, 7) is 8.98. The molecular formula is C19H27N3O2. The SMILES string of the molecule is CCC(C)C(O)CNC(=O)c1ccc(Cn2nc(C)cc2C)cc1. The number of nitrogens with one attached hydrogen (secondary N) is 1.